The van der Waals surface area contributed by atoms with Gasteiger partial charge in [-0.3, -0.25) is 4.79 Å². The van der Waals surface area contributed by atoms with E-state index in [0.717, 1.165) is 19.4 Å². The first-order valence-electron chi connectivity index (χ1n) is 5.47. The Labute approximate surface area is 100 Å². The van der Waals surface area contributed by atoms with Crippen LogP contribution in [0.25, 0.3) is 0 Å². The fourth-order valence-corrected chi connectivity index (χ4v) is 2.10. The van der Waals surface area contributed by atoms with E-state index >= 15 is 0 Å². The van der Waals surface area contributed by atoms with Crippen LogP contribution in [0.5, 0.6) is 0 Å². The second kappa shape index (κ2) is 4.85. The van der Waals surface area contributed by atoms with Gasteiger partial charge >= 0.3 is 0 Å². The molecule has 0 aromatic heterocycles. The van der Waals surface area contributed by atoms with Crippen molar-refractivity contribution in [1.29, 1.82) is 0 Å². The largest absolute Gasteiger partial charge is 0.337 e. The zero-order chi connectivity index (χ0) is 11.5. The van der Waals surface area contributed by atoms with Gasteiger partial charge in [0.2, 0.25) is 0 Å². The fourth-order valence-electron chi connectivity index (χ4n) is 1.97. The van der Waals surface area contributed by atoms with Gasteiger partial charge in [-0.2, -0.15) is 0 Å². The van der Waals surface area contributed by atoms with Crippen LogP contribution in [0.1, 0.15) is 23.2 Å². The van der Waals surface area contributed by atoms with E-state index < -0.39 is 0 Å². The van der Waals surface area contributed by atoms with E-state index in [1.54, 1.807) is 24.3 Å². The normalized spacial score (nSPS) is 20.9. The second-order valence-corrected chi connectivity index (χ2v) is 4.60. The number of benzene rings is 1. The summed E-state index contributed by atoms with van der Waals surface area (Å²) in [7, 11) is 0. The van der Waals surface area contributed by atoms with Gasteiger partial charge in [-0.25, -0.2) is 0 Å². The summed E-state index contributed by atoms with van der Waals surface area (Å²) in [4.78, 5) is 13.9. The van der Waals surface area contributed by atoms with Crippen molar-refractivity contribution < 1.29 is 4.79 Å². The number of nitrogens with zero attached hydrogens (tertiary/aromatic N) is 1. The van der Waals surface area contributed by atoms with Crippen molar-refractivity contribution in [2.45, 2.75) is 18.9 Å². The molecule has 0 radical (unpaired) electrons. The number of nitrogens with two attached hydrogens (primary N) is 1. The molecule has 1 amide bonds. The molecule has 1 heterocycles. The first kappa shape index (κ1) is 11.4. The van der Waals surface area contributed by atoms with Gasteiger partial charge in [0.05, 0.1) is 0 Å². The van der Waals surface area contributed by atoms with Crippen molar-refractivity contribution in [3.63, 3.8) is 0 Å². The Hall–Kier alpha value is -1.06. The minimum atomic E-state index is 0.0480. The maximum atomic E-state index is 12.1. The van der Waals surface area contributed by atoms with E-state index in [2.05, 4.69) is 0 Å². The molecule has 1 aliphatic rings. The smallest absolute Gasteiger partial charge is 0.253 e. The van der Waals surface area contributed by atoms with Crippen LogP contribution < -0.4 is 5.73 Å². The Kier molecular flexibility index (Phi) is 3.46. The summed E-state index contributed by atoms with van der Waals surface area (Å²) in [6.45, 7) is 1.45. The summed E-state index contributed by atoms with van der Waals surface area (Å²) < 4.78 is 0. The molecule has 1 saturated heterocycles. The molecule has 1 fully saturated rings. The number of carbonyl (C=O) groups excluding carboxylic acids is 1. The fraction of sp³-hybridized carbons (Fsp3) is 0.417. The standard InChI is InChI=1S/C12H15ClN2O/c13-10-5-3-9(4-6-10)12(16)15-7-1-2-11(14)8-15/h3-6,11H,1-2,7-8,14H2/t11-/m1/s1. The lowest BCUT2D eigenvalue weighted by Crippen LogP contribution is -2.45. The molecule has 3 nitrogen and oxygen atoms in total. The van der Waals surface area contributed by atoms with Crippen molar-refractivity contribution >= 4 is 17.5 Å². The molecule has 0 saturated carbocycles. The van der Waals surface area contributed by atoms with Gasteiger partial charge in [-0.1, -0.05) is 11.6 Å². The average Bonchev–Trinajstić information content (AvgIpc) is 2.29. The topological polar surface area (TPSA) is 46.3 Å². The van der Waals surface area contributed by atoms with Crippen molar-refractivity contribution in [3.8, 4) is 0 Å². The van der Waals surface area contributed by atoms with Crippen LogP contribution in [0.2, 0.25) is 5.02 Å². The first-order valence-corrected chi connectivity index (χ1v) is 5.85. The first-order chi connectivity index (χ1) is 7.66. The van der Waals surface area contributed by atoms with Crippen molar-refractivity contribution in [1.82, 2.24) is 4.90 Å². The number of amides is 1. The second-order valence-electron chi connectivity index (χ2n) is 4.16. The number of carbonyl (C=O) groups is 1. The van der Waals surface area contributed by atoms with E-state index in [1.165, 1.54) is 0 Å². The van der Waals surface area contributed by atoms with E-state index in [0.29, 0.717) is 17.1 Å². The van der Waals surface area contributed by atoms with E-state index in [-0.39, 0.29) is 11.9 Å². The third kappa shape index (κ3) is 2.54. The van der Waals surface area contributed by atoms with Crippen LogP contribution in [-0.4, -0.2) is 29.9 Å². The highest BCUT2D eigenvalue weighted by Gasteiger charge is 2.21. The lowest BCUT2D eigenvalue weighted by molar-refractivity contribution is 0.0709. The van der Waals surface area contributed by atoms with Crippen LogP contribution >= 0.6 is 11.6 Å². The molecule has 0 unspecified atom stereocenters. The molecule has 16 heavy (non-hydrogen) atoms. The summed E-state index contributed by atoms with van der Waals surface area (Å²) in [6, 6.07) is 7.09. The van der Waals surface area contributed by atoms with Gasteiger partial charge in [-0.15, -0.1) is 0 Å². The number of halogens is 1. The highest BCUT2D eigenvalue weighted by molar-refractivity contribution is 6.30. The third-order valence-corrected chi connectivity index (χ3v) is 3.09. The molecule has 1 aliphatic heterocycles. The maximum Gasteiger partial charge on any atom is 0.253 e. The molecule has 1 aromatic carbocycles. The Morgan fingerprint density at radius 3 is 2.69 bits per heavy atom. The quantitative estimate of drug-likeness (QED) is 0.812. The van der Waals surface area contributed by atoms with Gasteiger partial charge in [-0.05, 0) is 37.1 Å². The van der Waals surface area contributed by atoms with E-state index in [1.807, 2.05) is 4.90 Å². The van der Waals surface area contributed by atoms with Crippen molar-refractivity contribution in [2.75, 3.05) is 13.1 Å². The van der Waals surface area contributed by atoms with Gasteiger partial charge in [0.15, 0.2) is 0 Å². The lowest BCUT2D eigenvalue weighted by Gasteiger charge is -2.30. The molecular weight excluding hydrogens is 224 g/mol. The van der Waals surface area contributed by atoms with E-state index in [4.69, 9.17) is 17.3 Å². The zero-order valence-corrected chi connectivity index (χ0v) is 9.78. The minimum Gasteiger partial charge on any atom is -0.337 e. The summed E-state index contributed by atoms with van der Waals surface area (Å²) in [6.07, 6.45) is 1.99. The van der Waals surface area contributed by atoms with Crippen molar-refractivity contribution in [3.05, 3.63) is 34.9 Å². The Morgan fingerprint density at radius 2 is 2.06 bits per heavy atom. The van der Waals surface area contributed by atoms with Gasteiger partial charge in [0.1, 0.15) is 0 Å². The monoisotopic (exact) mass is 238 g/mol. The number of piperidine rings is 1. The van der Waals surface area contributed by atoms with Crippen LogP contribution in [0.4, 0.5) is 0 Å². The van der Waals surface area contributed by atoms with Gasteiger partial charge in [0, 0.05) is 29.7 Å². The maximum absolute atomic E-state index is 12.1. The predicted molar refractivity (Wildman–Crippen MR) is 64.6 cm³/mol. The molecule has 1 aromatic rings. The molecule has 0 aliphatic carbocycles. The van der Waals surface area contributed by atoms with Crippen LogP contribution in [0, 0.1) is 0 Å². The molecular formula is C12H15ClN2O. The minimum absolute atomic E-state index is 0.0480. The average molecular weight is 239 g/mol. The van der Waals surface area contributed by atoms with Crippen LogP contribution in [0.15, 0.2) is 24.3 Å². The molecule has 2 N–H and O–H groups in total. The third-order valence-electron chi connectivity index (χ3n) is 2.84. The van der Waals surface area contributed by atoms with Crippen LogP contribution in [-0.2, 0) is 0 Å². The molecule has 4 heteroatoms. The molecule has 0 spiro atoms. The molecule has 86 valence electrons. The highest BCUT2D eigenvalue weighted by atomic mass is 35.5. The molecule has 1 atom stereocenters. The predicted octanol–water partition coefficient (Wildman–Crippen LogP) is 1.90. The van der Waals surface area contributed by atoms with Gasteiger partial charge in [0.25, 0.3) is 5.91 Å². The Morgan fingerprint density at radius 1 is 1.38 bits per heavy atom. The van der Waals surface area contributed by atoms with Crippen molar-refractivity contribution in [2.24, 2.45) is 5.73 Å². The Bertz CT molecular complexity index is 377. The number of hydrogen-bond acceptors (Lipinski definition) is 2. The summed E-state index contributed by atoms with van der Waals surface area (Å²) in [5.41, 5.74) is 6.53. The highest BCUT2D eigenvalue weighted by Crippen LogP contribution is 2.15. The molecule has 2 rings (SSSR count). The SMILES string of the molecule is N[C@@H]1CCCN(C(=O)c2ccc(Cl)cc2)C1. The molecule has 0 bridgehead atoms. The number of hydrogen-bond donors (Lipinski definition) is 1. The summed E-state index contributed by atoms with van der Waals surface area (Å²) >= 11 is 5.78. The zero-order valence-electron chi connectivity index (χ0n) is 9.03. The summed E-state index contributed by atoms with van der Waals surface area (Å²) in [5.74, 6) is 0.0480. The Balaban J connectivity index is 2.09. The van der Waals surface area contributed by atoms with Gasteiger partial charge < -0.3 is 10.6 Å². The number of likely N-dealkylation sites (tertiary alicyclic amines) is 1. The van der Waals surface area contributed by atoms with Crippen LogP contribution in [0.3, 0.4) is 0 Å². The number of rotatable bonds is 1. The lowest BCUT2D eigenvalue weighted by atomic mass is 10.1. The van der Waals surface area contributed by atoms with E-state index in [9.17, 15) is 4.79 Å². The summed E-state index contributed by atoms with van der Waals surface area (Å²) in [5, 5.41) is 0.645.